The van der Waals surface area contributed by atoms with Crippen LogP contribution in [0.1, 0.15) is 41.4 Å². The number of thioether (sulfide) groups is 1. The number of anilines is 1. The summed E-state index contributed by atoms with van der Waals surface area (Å²) in [7, 11) is 5.72. The Bertz CT molecular complexity index is 740. The van der Waals surface area contributed by atoms with E-state index in [0.29, 0.717) is 6.42 Å². The summed E-state index contributed by atoms with van der Waals surface area (Å²) in [4.78, 5) is 17.5. The van der Waals surface area contributed by atoms with Gasteiger partial charge in [0.25, 0.3) is 0 Å². The first-order chi connectivity index (χ1) is 14.0. The van der Waals surface area contributed by atoms with Gasteiger partial charge >= 0.3 is 0 Å². The van der Waals surface area contributed by atoms with Crippen molar-refractivity contribution in [3.8, 4) is 5.75 Å². The van der Waals surface area contributed by atoms with E-state index in [9.17, 15) is 4.79 Å². The molecule has 0 radical (unpaired) electrons. The van der Waals surface area contributed by atoms with Gasteiger partial charge in [0.05, 0.1) is 7.11 Å². The molecule has 0 N–H and O–H groups in total. The fourth-order valence-corrected chi connectivity index (χ4v) is 4.45. The minimum atomic E-state index is 0.149. The molecule has 0 saturated heterocycles. The standard InChI is InChI=1S/C24H34N2O2S/c1-6-26(7-2)16-17-29-24(20-8-12-21(13-9-20)25(3)4)18-23(27)19-10-14-22(28-5)15-11-19/h8-15,24H,6-7,16-18H2,1-5H3. The molecular weight excluding hydrogens is 380 g/mol. The SMILES string of the molecule is CCN(CC)CCSC(CC(=O)c1ccc(OC)cc1)c1ccc(N(C)C)cc1. The molecule has 4 nitrogen and oxygen atoms in total. The highest BCUT2D eigenvalue weighted by molar-refractivity contribution is 7.99. The summed E-state index contributed by atoms with van der Waals surface area (Å²) in [5.74, 6) is 1.95. The maximum absolute atomic E-state index is 12.9. The molecule has 0 aromatic heterocycles. The van der Waals surface area contributed by atoms with Crippen LogP contribution in [0.3, 0.4) is 0 Å². The number of Topliss-reactive ketones (excluding diaryl/α,β-unsaturated/α-hetero) is 1. The molecule has 158 valence electrons. The monoisotopic (exact) mass is 414 g/mol. The highest BCUT2D eigenvalue weighted by Gasteiger charge is 2.18. The second-order valence-electron chi connectivity index (χ2n) is 7.23. The van der Waals surface area contributed by atoms with E-state index in [1.807, 2.05) is 50.1 Å². The quantitative estimate of drug-likeness (QED) is 0.449. The van der Waals surface area contributed by atoms with Crippen LogP contribution in [0.4, 0.5) is 5.69 Å². The molecular formula is C24H34N2O2S. The largest absolute Gasteiger partial charge is 0.497 e. The highest BCUT2D eigenvalue weighted by Crippen LogP contribution is 2.34. The molecule has 0 fully saturated rings. The first kappa shape index (κ1) is 23.3. The van der Waals surface area contributed by atoms with E-state index < -0.39 is 0 Å². The van der Waals surface area contributed by atoms with Crippen molar-refractivity contribution in [1.29, 1.82) is 0 Å². The number of hydrogen-bond acceptors (Lipinski definition) is 5. The van der Waals surface area contributed by atoms with Crippen LogP contribution in [0.5, 0.6) is 5.75 Å². The van der Waals surface area contributed by atoms with E-state index in [2.05, 4.69) is 47.9 Å². The number of methoxy groups -OCH3 is 1. The van der Waals surface area contributed by atoms with Crippen molar-refractivity contribution in [1.82, 2.24) is 4.90 Å². The number of rotatable bonds is 12. The van der Waals surface area contributed by atoms with Gasteiger partial charge in [-0.25, -0.2) is 0 Å². The lowest BCUT2D eigenvalue weighted by Crippen LogP contribution is -2.25. The summed E-state index contributed by atoms with van der Waals surface area (Å²) < 4.78 is 5.20. The molecule has 0 heterocycles. The van der Waals surface area contributed by atoms with Gasteiger partial charge in [-0.05, 0) is 55.1 Å². The van der Waals surface area contributed by atoms with Crippen molar-refractivity contribution in [3.05, 3.63) is 59.7 Å². The molecule has 2 aromatic rings. The molecule has 0 aliphatic carbocycles. The summed E-state index contributed by atoms with van der Waals surface area (Å²) in [6.45, 7) is 7.55. The van der Waals surface area contributed by atoms with Crippen LogP contribution in [-0.4, -0.2) is 57.3 Å². The van der Waals surface area contributed by atoms with Gasteiger partial charge in [0.15, 0.2) is 5.78 Å². The summed E-state index contributed by atoms with van der Waals surface area (Å²) in [6.07, 6.45) is 0.497. The topological polar surface area (TPSA) is 32.8 Å². The number of nitrogens with zero attached hydrogens (tertiary/aromatic N) is 2. The number of carbonyl (C=O) groups excluding carboxylic acids is 1. The molecule has 0 aliphatic heterocycles. The first-order valence-corrected chi connectivity index (χ1v) is 11.3. The smallest absolute Gasteiger partial charge is 0.164 e. The lowest BCUT2D eigenvalue weighted by molar-refractivity contribution is 0.0982. The Hall–Kier alpha value is -1.98. The van der Waals surface area contributed by atoms with Crippen molar-refractivity contribution >= 4 is 23.2 Å². The lowest BCUT2D eigenvalue weighted by Gasteiger charge is -2.22. The van der Waals surface area contributed by atoms with Crippen LogP contribution < -0.4 is 9.64 Å². The maximum atomic E-state index is 12.9. The summed E-state index contributed by atoms with van der Waals surface area (Å²) >= 11 is 1.88. The Morgan fingerprint density at radius 3 is 2.14 bits per heavy atom. The predicted octanol–water partition coefficient (Wildman–Crippen LogP) is 5.15. The molecule has 2 aromatic carbocycles. The molecule has 1 atom stereocenters. The second-order valence-corrected chi connectivity index (χ2v) is 8.54. The minimum absolute atomic E-state index is 0.149. The molecule has 0 aliphatic rings. The normalized spacial score (nSPS) is 12.1. The van der Waals surface area contributed by atoms with Gasteiger partial charge in [0.2, 0.25) is 0 Å². The number of ketones is 1. The fourth-order valence-electron chi connectivity index (χ4n) is 3.19. The molecule has 1 unspecified atom stereocenters. The Labute approximate surface area is 180 Å². The van der Waals surface area contributed by atoms with E-state index in [1.54, 1.807) is 7.11 Å². The van der Waals surface area contributed by atoms with Crippen LogP contribution in [0.25, 0.3) is 0 Å². The molecule has 0 spiro atoms. The minimum Gasteiger partial charge on any atom is -0.497 e. The zero-order chi connectivity index (χ0) is 21.2. The molecule has 5 heteroatoms. The van der Waals surface area contributed by atoms with E-state index in [4.69, 9.17) is 4.74 Å². The van der Waals surface area contributed by atoms with Crippen molar-refractivity contribution < 1.29 is 9.53 Å². The number of benzene rings is 2. The molecule has 29 heavy (non-hydrogen) atoms. The Balaban J connectivity index is 2.12. The van der Waals surface area contributed by atoms with Gasteiger partial charge in [0, 0.05) is 49.3 Å². The van der Waals surface area contributed by atoms with Crippen LogP contribution in [0.2, 0.25) is 0 Å². The van der Waals surface area contributed by atoms with Crippen molar-refractivity contribution in [2.75, 3.05) is 51.5 Å². The predicted molar refractivity (Wildman–Crippen MR) is 126 cm³/mol. The fraction of sp³-hybridized carbons (Fsp3) is 0.458. The van der Waals surface area contributed by atoms with Crippen molar-refractivity contribution in [2.24, 2.45) is 0 Å². The third-order valence-corrected chi connectivity index (χ3v) is 6.44. The zero-order valence-corrected chi connectivity index (χ0v) is 19.2. The Kier molecular flexibility index (Phi) is 9.55. The maximum Gasteiger partial charge on any atom is 0.164 e. The number of hydrogen-bond donors (Lipinski definition) is 0. The summed E-state index contributed by atoms with van der Waals surface area (Å²) in [5, 5.41) is 0.149. The van der Waals surface area contributed by atoms with E-state index in [1.165, 1.54) is 11.3 Å². The van der Waals surface area contributed by atoms with Crippen molar-refractivity contribution in [3.63, 3.8) is 0 Å². The number of ether oxygens (including phenoxy) is 1. The third-order valence-electron chi connectivity index (χ3n) is 5.19. The molecule has 2 rings (SSSR count). The van der Waals surface area contributed by atoms with Gasteiger partial charge in [-0.15, -0.1) is 0 Å². The Morgan fingerprint density at radius 2 is 1.62 bits per heavy atom. The van der Waals surface area contributed by atoms with Gasteiger partial charge in [-0.1, -0.05) is 26.0 Å². The third kappa shape index (κ3) is 7.09. The summed E-state index contributed by atoms with van der Waals surface area (Å²) in [5.41, 5.74) is 3.12. The van der Waals surface area contributed by atoms with E-state index >= 15 is 0 Å². The van der Waals surface area contributed by atoms with Gasteiger partial charge in [-0.3, -0.25) is 4.79 Å². The number of carbonyl (C=O) groups is 1. The summed E-state index contributed by atoms with van der Waals surface area (Å²) in [6, 6.07) is 16.0. The zero-order valence-electron chi connectivity index (χ0n) is 18.4. The first-order valence-electron chi connectivity index (χ1n) is 10.3. The molecule has 0 amide bonds. The van der Waals surface area contributed by atoms with Crippen LogP contribution in [0.15, 0.2) is 48.5 Å². The lowest BCUT2D eigenvalue weighted by atomic mass is 10.0. The average Bonchev–Trinajstić information content (AvgIpc) is 2.76. The van der Waals surface area contributed by atoms with Gasteiger partial charge in [-0.2, -0.15) is 11.8 Å². The highest BCUT2D eigenvalue weighted by atomic mass is 32.2. The van der Waals surface area contributed by atoms with Crippen LogP contribution in [-0.2, 0) is 0 Å². The second kappa shape index (κ2) is 11.9. The van der Waals surface area contributed by atoms with Gasteiger partial charge < -0.3 is 14.5 Å². The van der Waals surface area contributed by atoms with Crippen molar-refractivity contribution in [2.45, 2.75) is 25.5 Å². The van der Waals surface area contributed by atoms with E-state index in [0.717, 1.165) is 36.7 Å². The van der Waals surface area contributed by atoms with Crippen LogP contribution in [0, 0.1) is 0 Å². The average molecular weight is 415 g/mol. The molecule has 0 saturated carbocycles. The van der Waals surface area contributed by atoms with Crippen LogP contribution >= 0.6 is 11.8 Å². The van der Waals surface area contributed by atoms with Gasteiger partial charge in [0.1, 0.15) is 5.75 Å². The Morgan fingerprint density at radius 1 is 1.00 bits per heavy atom. The molecule has 0 bridgehead atoms. The van der Waals surface area contributed by atoms with E-state index in [-0.39, 0.29) is 11.0 Å².